The Morgan fingerprint density at radius 3 is 2.63 bits per heavy atom. The van der Waals surface area contributed by atoms with Crippen LogP contribution in [0.3, 0.4) is 0 Å². The molecule has 4 nitrogen and oxygen atoms in total. The largest absolute Gasteiger partial charge is 0.480 e. The predicted molar refractivity (Wildman–Crippen MR) is 70.9 cm³/mol. The second kappa shape index (κ2) is 4.39. The highest BCUT2D eigenvalue weighted by molar-refractivity contribution is 5.90. The fraction of sp³-hybridized carbons (Fsp3) is 0.200. The van der Waals surface area contributed by atoms with Gasteiger partial charge in [0.2, 0.25) is 5.91 Å². The molecule has 0 aliphatic carbocycles. The number of benzene rings is 2. The van der Waals surface area contributed by atoms with Gasteiger partial charge >= 0.3 is 5.97 Å². The van der Waals surface area contributed by atoms with Crippen LogP contribution in [-0.2, 0) is 9.59 Å². The Bertz CT molecular complexity index is 665. The van der Waals surface area contributed by atoms with Crippen LogP contribution in [-0.4, -0.2) is 23.0 Å². The van der Waals surface area contributed by atoms with E-state index in [-0.39, 0.29) is 18.2 Å². The fourth-order valence-corrected chi connectivity index (χ4v) is 2.63. The molecule has 1 fully saturated rings. The number of hydrogen-bond donors (Lipinski definition) is 2. The topological polar surface area (TPSA) is 66.4 Å². The van der Waals surface area contributed by atoms with Crippen LogP contribution in [0.25, 0.3) is 10.8 Å². The van der Waals surface area contributed by atoms with E-state index in [1.807, 2.05) is 42.5 Å². The Hall–Kier alpha value is -2.36. The van der Waals surface area contributed by atoms with Crippen molar-refractivity contribution in [2.75, 3.05) is 0 Å². The van der Waals surface area contributed by atoms with Crippen LogP contribution >= 0.6 is 0 Å². The normalized spacial score (nSPS) is 22.4. The van der Waals surface area contributed by atoms with Crippen molar-refractivity contribution in [2.24, 2.45) is 0 Å². The molecule has 2 N–H and O–H groups in total. The molecule has 0 spiro atoms. The number of carbonyl (C=O) groups excluding carboxylic acids is 1. The van der Waals surface area contributed by atoms with Crippen molar-refractivity contribution in [1.82, 2.24) is 5.32 Å². The van der Waals surface area contributed by atoms with Gasteiger partial charge in [0.25, 0.3) is 0 Å². The number of amides is 1. The zero-order valence-corrected chi connectivity index (χ0v) is 10.2. The summed E-state index contributed by atoms with van der Waals surface area (Å²) in [7, 11) is 0. The van der Waals surface area contributed by atoms with Gasteiger partial charge in [-0.25, -0.2) is 4.79 Å². The standard InChI is InChI=1S/C15H13NO3/c17-13-8-12(14(16-13)15(18)19)11-6-5-9-3-1-2-4-10(9)7-11/h1-7,12,14H,8H2,(H,16,17)(H,18,19)/t12-,14+/m1/s1. The summed E-state index contributed by atoms with van der Waals surface area (Å²) < 4.78 is 0. The molecule has 2 aromatic rings. The van der Waals surface area contributed by atoms with Gasteiger partial charge in [-0.2, -0.15) is 0 Å². The zero-order chi connectivity index (χ0) is 13.4. The second-order valence-electron chi connectivity index (χ2n) is 4.80. The van der Waals surface area contributed by atoms with Crippen molar-refractivity contribution in [2.45, 2.75) is 18.4 Å². The van der Waals surface area contributed by atoms with Crippen molar-refractivity contribution in [1.29, 1.82) is 0 Å². The Morgan fingerprint density at radius 2 is 1.89 bits per heavy atom. The molecule has 2 aromatic carbocycles. The third-order valence-corrected chi connectivity index (χ3v) is 3.59. The summed E-state index contributed by atoms with van der Waals surface area (Å²) in [6, 6.07) is 12.9. The predicted octanol–water partition coefficient (Wildman–Crippen LogP) is 1.90. The molecule has 0 saturated carbocycles. The average molecular weight is 255 g/mol. The maximum absolute atomic E-state index is 11.4. The quantitative estimate of drug-likeness (QED) is 0.861. The highest BCUT2D eigenvalue weighted by atomic mass is 16.4. The Morgan fingerprint density at radius 1 is 1.16 bits per heavy atom. The Labute approximate surface area is 110 Å². The maximum Gasteiger partial charge on any atom is 0.326 e. The SMILES string of the molecule is O=C1C[C@H](c2ccc3ccccc3c2)[C@@H](C(=O)O)N1. The van der Waals surface area contributed by atoms with Crippen LogP contribution in [0.4, 0.5) is 0 Å². The minimum atomic E-state index is -0.982. The van der Waals surface area contributed by atoms with Crippen LogP contribution in [0.15, 0.2) is 42.5 Å². The Balaban J connectivity index is 2.03. The average Bonchev–Trinajstić information content (AvgIpc) is 2.80. The zero-order valence-electron chi connectivity index (χ0n) is 10.2. The fourth-order valence-electron chi connectivity index (χ4n) is 2.63. The molecule has 4 heteroatoms. The minimum absolute atomic E-state index is 0.203. The van der Waals surface area contributed by atoms with Crippen molar-refractivity contribution >= 4 is 22.6 Å². The first-order chi connectivity index (χ1) is 9.15. The number of carboxylic acids is 1. The molecule has 2 atom stereocenters. The summed E-state index contributed by atoms with van der Waals surface area (Å²) in [5.41, 5.74) is 0.893. The third-order valence-electron chi connectivity index (χ3n) is 3.59. The summed E-state index contributed by atoms with van der Waals surface area (Å²) in [4.78, 5) is 22.6. The highest BCUT2D eigenvalue weighted by Gasteiger charge is 2.38. The first-order valence-electron chi connectivity index (χ1n) is 6.16. The number of fused-ring (bicyclic) bond motifs is 1. The molecule has 19 heavy (non-hydrogen) atoms. The molecular weight excluding hydrogens is 242 g/mol. The smallest absolute Gasteiger partial charge is 0.326 e. The van der Waals surface area contributed by atoms with E-state index in [4.69, 9.17) is 5.11 Å². The van der Waals surface area contributed by atoms with E-state index in [1.165, 1.54) is 0 Å². The molecule has 0 aromatic heterocycles. The molecule has 1 heterocycles. The van der Waals surface area contributed by atoms with Crippen LogP contribution in [0.2, 0.25) is 0 Å². The third kappa shape index (κ3) is 2.05. The molecule has 0 unspecified atom stereocenters. The van der Waals surface area contributed by atoms with Gasteiger partial charge in [0.15, 0.2) is 0 Å². The molecule has 96 valence electrons. The number of nitrogens with one attached hydrogen (secondary N) is 1. The van der Waals surface area contributed by atoms with Crippen LogP contribution in [0.5, 0.6) is 0 Å². The van der Waals surface area contributed by atoms with E-state index < -0.39 is 12.0 Å². The summed E-state index contributed by atoms with van der Waals surface area (Å²) in [6.45, 7) is 0. The summed E-state index contributed by atoms with van der Waals surface area (Å²) in [5.74, 6) is -1.48. The lowest BCUT2D eigenvalue weighted by Gasteiger charge is -2.15. The molecule has 1 amide bonds. The molecule has 3 rings (SSSR count). The van der Waals surface area contributed by atoms with E-state index >= 15 is 0 Å². The van der Waals surface area contributed by atoms with Crippen molar-refractivity contribution < 1.29 is 14.7 Å². The van der Waals surface area contributed by atoms with Crippen LogP contribution < -0.4 is 5.32 Å². The highest BCUT2D eigenvalue weighted by Crippen LogP contribution is 2.30. The molecule has 1 aliphatic heterocycles. The number of rotatable bonds is 2. The first kappa shape index (κ1) is 11.7. The molecule has 0 bridgehead atoms. The van der Waals surface area contributed by atoms with Crippen LogP contribution in [0, 0.1) is 0 Å². The molecule has 1 saturated heterocycles. The number of hydrogen-bond acceptors (Lipinski definition) is 2. The van der Waals surface area contributed by atoms with E-state index in [9.17, 15) is 9.59 Å². The van der Waals surface area contributed by atoms with Gasteiger partial charge in [0.1, 0.15) is 6.04 Å². The van der Waals surface area contributed by atoms with Gasteiger partial charge in [-0.05, 0) is 16.3 Å². The van der Waals surface area contributed by atoms with Gasteiger partial charge < -0.3 is 10.4 Å². The van der Waals surface area contributed by atoms with Crippen LogP contribution in [0.1, 0.15) is 17.9 Å². The van der Waals surface area contributed by atoms with Crippen molar-refractivity contribution in [3.63, 3.8) is 0 Å². The second-order valence-corrected chi connectivity index (χ2v) is 4.80. The van der Waals surface area contributed by atoms with E-state index in [0.29, 0.717) is 0 Å². The number of carboxylic acid groups (broad SMARTS) is 1. The number of carbonyl (C=O) groups is 2. The van der Waals surface area contributed by atoms with E-state index in [0.717, 1.165) is 16.3 Å². The van der Waals surface area contributed by atoms with Gasteiger partial charge in [0, 0.05) is 12.3 Å². The lowest BCUT2D eigenvalue weighted by molar-refractivity contribution is -0.140. The van der Waals surface area contributed by atoms with Gasteiger partial charge in [-0.15, -0.1) is 0 Å². The van der Waals surface area contributed by atoms with Gasteiger partial charge in [-0.1, -0.05) is 42.5 Å². The van der Waals surface area contributed by atoms with E-state index in [2.05, 4.69) is 5.32 Å². The first-order valence-corrected chi connectivity index (χ1v) is 6.16. The number of aliphatic carboxylic acids is 1. The summed E-state index contributed by atoms with van der Waals surface area (Å²) in [6.07, 6.45) is 0.231. The molecular formula is C15H13NO3. The lowest BCUT2D eigenvalue weighted by Crippen LogP contribution is -2.36. The minimum Gasteiger partial charge on any atom is -0.480 e. The van der Waals surface area contributed by atoms with E-state index in [1.54, 1.807) is 0 Å². The van der Waals surface area contributed by atoms with Gasteiger partial charge in [0.05, 0.1) is 0 Å². The van der Waals surface area contributed by atoms with Gasteiger partial charge in [-0.3, -0.25) is 4.79 Å². The maximum atomic E-state index is 11.4. The van der Waals surface area contributed by atoms with Crippen molar-refractivity contribution in [3.8, 4) is 0 Å². The molecule has 1 aliphatic rings. The Kier molecular flexibility index (Phi) is 2.71. The monoisotopic (exact) mass is 255 g/mol. The molecule has 0 radical (unpaired) electrons. The summed E-state index contributed by atoms with van der Waals surface area (Å²) >= 11 is 0. The summed E-state index contributed by atoms with van der Waals surface area (Å²) in [5, 5.41) is 13.8. The lowest BCUT2D eigenvalue weighted by atomic mass is 9.90. The van der Waals surface area contributed by atoms with Crippen molar-refractivity contribution in [3.05, 3.63) is 48.0 Å².